The molecule has 0 bridgehead atoms. The number of benzene rings is 1. The molecule has 2 nitrogen and oxygen atoms in total. The van der Waals surface area contributed by atoms with Gasteiger partial charge in [0.05, 0.1) is 5.56 Å². The van der Waals surface area contributed by atoms with Crippen molar-refractivity contribution in [3.8, 4) is 0 Å². The van der Waals surface area contributed by atoms with Gasteiger partial charge in [0.2, 0.25) is 0 Å². The Morgan fingerprint density at radius 3 is 2.39 bits per heavy atom. The van der Waals surface area contributed by atoms with Gasteiger partial charge >= 0.3 is 6.18 Å². The van der Waals surface area contributed by atoms with Crippen LogP contribution in [0.5, 0.6) is 0 Å². The number of pyridine rings is 1. The summed E-state index contributed by atoms with van der Waals surface area (Å²) in [7, 11) is 0. The third-order valence-electron chi connectivity index (χ3n) is 2.53. The van der Waals surface area contributed by atoms with Crippen LogP contribution in [-0.2, 0) is 6.18 Å². The quantitative estimate of drug-likeness (QED) is 0.891. The van der Waals surface area contributed by atoms with Crippen LogP contribution in [0.4, 0.5) is 13.2 Å². The van der Waals surface area contributed by atoms with Gasteiger partial charge in [-0.25, -0.2) is 0 Å². The molecule has 0 unspecified atom stereocenters. The Labute approximate surface area is 102 Å². The molecule has 0 amide bonds. The molecule has 2 rings (SSSR count). The average molecular weight is 253 g/mol. The van der Waals surface area contributed by atoms with Crippen molar-refractivity contribution in [2.24, 2.45) is 0 Å². The van der Waals surface area contributed by atoms with Gasteiger partial charge in [-0.2, -0.15) is 13.2 Å². The van der Waals surface area contributed by atoms with Crippen LogP contribution in [0, 0.1) is 0 Å². The smallest absolute Gasteiger partial charge is 0.384 e. The van der Waals surface area contributed by atoms with E-state index in [9.17, 15) is 18.3 Å². The van der Waals surface area contributed by atoms with Crippen LogP contribution >= 0.6 is 0 Å². The van der Waals surface area contributed by atoms with Gasteiger partial charge in [0.1, 0.15) is 6.10 Å². The number of aliphatic hydroxyl groups excluding tert-OH is 1. The molecule has 0 radical (unpaired) electrons. The van der Waals surface area contributed by atoms with Gasteiger partial charge in [-0.1, -0.05) is 18.2 Å². The first-order valence-electron chi connectivity index (χ1n) is 5.23. The topological polar surface area (TPSA) is 33.1 Å². The molecule has 5 heteroatoms. The first-order valence-corrected chi connectivity index (χ1v) is 5.23. The molecule has 2 aromatic rings. The fourth-order valence-electron chi connectivity index (χ4n) is 1.62. The summed E-state index contributed by atoms with van der Waals surface area (Å²) in [5.41, 5.74) is -0.127. The monoisotopic (exact) mass is 253 g/mol. The maximum atomic E-state index is 12.5. The summed E-state index contributed by atoms with van der Waals surface area (Å²) in [6.45, 7) is 0. The molecule has 0 saturated carbocycles. The van der Waals surface area contributed by atoms with Crippen LogP contribution in [0.1, 0.15) is 22.8 Å². The summed E-state index contributed by atoms with van der Waals surface area (Å²) in [5.74, 6) is 0. The number of alkyl halides is 3. The Kier molecular flexibility index (Phi) is 3.34. The second-order valence-corrected chi connectivity index (χ2v) is 3.81. The Morgan fingerprint density at radius 2 is 1.78 bits per heavy atom. The van der Waals surface area contributed by atoms with E-state index in [0.717, 1.165) is 12.1 Å². The fraction of sp³-hybridized carbons (Fsp3) is 0.154. The van der Waals surface area contributed by atoms with Crippen molar-refractivity contribution in [3.63, 3.8) is 0 Å². The Bertz CT molecular complexity index is 525. The largest absolute Gasteiger partial charge is 0.416 e. The second-order valence-electron chi connectivity index (χ2n) is 3.81. The summed E-state index contributed by atoms with van der Waals surface area (Å²) in [6.07, 6.45) is -2.57. The van der Waals surface area contributed by atoms with Gasteiger partial charge in [-0.3, -0.25) is 4.98 Å². The fourth-order valence-corrected chi connectivity index (χ4v) is 1.62. The van der Waals surface area contributed by atoms with E-state index in [-0.39, 0.29) is 5.56 Å². The Balaban J connectivity index is 2.35. The van der Waals surface area contributed by atoms with E-state index in [4.69, 9.17) is 0 Å². The van der Waals surface area contributed by atoms with Crippen LogP contribution in [0.15, 0.2) is 48.8 Å². The third kappa shape index (κ3) is 2.68. The lowest BCUT2D eigenvalue weighted by Gasteiger charge is -2.13. The normalized spacial score (nSPS) is 13.3. The van der Waals surface area contributed by atoms with Crippen molar-refractivity contribution in [1.82, 2.24) is 4.98 Å². The molecule has 0 saturated heterocycles. The van der Waals surface area contributed by atoms with E-state index in [2.05, 4.69) is 4.98 Å². The van der Waals surface area contributed by atoms with Gasteiger partial charge < -0.3 is 5.11 Å². The molecule has 1 heterocycles. The van der Waals surface area contributed by atoms with Crippen LogP contribution in [0.25, 0.3) is 0 Å². The van der Waals surface area contributed by atoms with Crippen molar-refractivity contribution in [2.45, 2.75) is 12.3 Å². The number of hydrogen-bond donors (Lipinski definition) is 1. The first-order chi connectivity index (χ1) is 8.48. The van der Waals surface area contributed by atoms with E-state index in [0.29, 0.717) is 5.56 Å². The van der Waals surface area contributed by atoms with Crippen molar-refractivity contribution < 1.29 is 18.3 Å². The first kappa shape index (κ1) is 12.6. The highest BCUT2D eigenvalue weighted by Crippen LogP contribution is 2.31. The molecule has 94 valence electrons. The van der Waals surface area contributed by atoms with Crippen molar-refractivity contribution in [1.29, 1.82) is 0 Å². The number of rotatable bonds is 2. The van der Waals surface area contributed by atoms with Crippen molar-refractivity contribution in [3.05, 3.63) is 65.5 Å². The zero-order chi connectivity index (χ0) is 13.2. The van der Waals surface area contributed by atoms with Crippen LogP contribution in [0.3, 0.4) is 0 Å². The van der Waals surface area contributed by atoms with E-state index >= 15 is 0 Å². The lowest BCUT2D eigenvalue weighted by Crippen LogP contribution is -2.07. The third-order valence-corrected chi connectivity index (χ3v) is 2.53. The van der Waals surface area contributed by atoms with Crippen LogP contribution < -0.4 is 0 Å². The minimum absolute atomic E-state index is 0.192. The molecule has 1 N–H and O–H groups in total. The summed E-state index contributed by atoms with van der Waals surface area (Å²) < 4.78 is 37.6. The van der Waals surface area contributed by atoms with E-state index in [1.807, 2.05) is 0 Å². The van der Waals surface area contributed by atoms with Gasteiger partial charge in [0.25, 0.3) is 0 Å². The number of hydrogen-bond acceptors (Lipinski definition) is 2. The Morgan fingerprint density at radius 1 is 1.06 bits per heavy atom. The van der Waals surface area contributed by atoms with Crippen LogP contribution in [0.2, 0.25) is 0 Å². The van der Waals surface area contributed by atoms with Crippen molar-refractivity contribution in [2.75, 3.05) is 0 Å². The maximum Gasteiger partial charge on any atom is 0.416 e. The highest BCUT2D eigenvalue weighted by Gasteiger charge is 2.30. The lowest BCUT2D eigenvalue weighted by atomic mass is 10.0. The van der Waals surface area contributed by atoms with E-state index in [1.165, 1.54) is 24.5 Å². The highest BCUT2D eigenvalue weighted by molar-refractivity contribution is 5.32. The SMILES string of the molecule is O[C@@H](c1cccnc1)c1cccc(C(F)(F)F)c1. The van der Waals surface area contributed by atoms with E-state index < -0.39 is 17.8 Å². The van der Waals surface area contributed by atoms with Gasteiger partial charge in [0.15, 0.2) is 0 Å². The van der Waals surface area contributed by atoms with Gasteiger partial charge in [-0.15, -0.1) is 0 Å². The Hall–Kier alpha value is -1.88. The minimum atomic E-state index is -4.41. The molecule has 0 spiro atoms. The van der Waals surface area contributed by atoms with Crippen LogP contribution in [-0.4, -0.2) is 10.1 Å². The van der Waals surface area contributed by atoms with Gasteiger partial charge in [0, 0.05) is 18.0 Å². The zero-order valence-electron chi connectivity index (χ0n) is 9.22. The summed E-state index contributed by atoms with van der Waals surface area (Å²) >= 11 is 0. The molecule has 1 aromatic carbocycles. The molecule has 0 aliphatic carbocycles. The molecular formula is C13H10F3NO. The number of aromatic nitrogens is 1. The lowest BCUT2D eigenvalue weighted by molar-refractivity contribution is -0.137. The zero-order valence-corrected chi connectivity index (χ0v) is 9.22. The summed E-state index contributed by atoms with van der Waals surface area (Å²) in [6, 6.07) is 7.87. The molecule has 1 atom stereocenters. The predicted molar refractivity (Wildman–Crippen MR) is 59.7 cm³/mol. The molecule has 0 aliphatic heterocycles. The number of halogens is 3. The van der Waals surface area contributed by atoms with Gasteiger partial charge in [-0.05, 0) is 23.8 Å². The summed E-state index contributed by atoms with van der Waals surface area (Å²) in [5, 5.41) is 9.97. The standard InChI is InChI=1S/C13H10F3NO/c14-13(15,16)11-5-1-3-9(7-11)12(18)10-4-2-6-17-8-10/h1-8,12,18H/t12-/m1/s1. The maximum absolute atomic E-state index is 12.5. The molecule has 0 fully saturated rings. The predicted octanol–water partition coefficient (Wildman–Crippen LogP) is 3.18. The molecular weight excluding hydrogens is 243 g/mol. The van der Waals surface area contributed by atoms with E-state index in [1.54, 1.807) is 12.1 Å². The average Bonchev–Trinajstić information content (AvgIpc) is 2.38. The molecule has 18 heavy (non-hydrogen) atoms. The second kappa shape index (κ2) is 4.78. The van der Waals surface area contributed by atoms with Crippen molar-refractivity contribution >= 4 is 0 Å². The molecule has 1 aromatic heterocycles. The molecule has 0 aliphatic rings. The highest BCUT2D eigenvalue weighted by atomic mass is 19.4. The number of nitrogens with zero attached hydrogens (tertiary/aromatic N) is 1. The minimum Gasteiger partial charge on any atom is -0.384 e. The summed E-state index contributed by atoms with van der Waals surface area (Å²) in [4.78, 5) is 3.82. The number of aliphatic hydroxyl groups is 1.